The van der Waals surface area contributed by atoms with E-state index in [9.17, 15) is 13.6 Å². The maximum Gasteiger partial charge on any atom is 0.356 e. The third-order valence-electron chi connectivity index (χ3n) is 2.39. The molecule has 2 aromatic rings. The summed E-state index contributed by atoms with van der Waals surface area (Å²) in [7, 11) is 1.20. The molecule has 0 aliphatic carbocycles. The van der Waals surface area contributed by atoms with Crippen LogP contribution in [0.25, 0.3) is 0 Å². The number of halogens is 2. The van der Waals surface area contributed by atoms with E-state index < -0.39 is 17.6 Å². The van der Waals surface area contributed by atoms with Gasteiger partial charge in [-0.2, -0.15) is 0 Å². The van der Waals surface area contributed by atoms with E-state index in [0.29, 0.717) is 0 Å². The van der Waals surface area contributed by atoms with Crippen LogP contribution in [0.15, 0.2) is 30.3 Å². The van der Waals surface area contributed by atoms with Gasteiger partial charge < -0.3 is 15.2 Å². The van der Waals surface area contributed by atoms with Crippen LogP contribution in [0.3, 0.4) is 0 Å². The molecule has 0 saturated carbocycles. The van der Waals surface area contributed by atoms with Crippen molar-refractivity contribution in [1.29, 1.82) is 0 Å². The summed E-state index contributed by atoms with van der Waals surface area (Å²) in [6, 6.07) is 5.73. The lowest BCUT2D eigenvalue weighted by Gasteiger charge is -2.08. The second-order valence-corrected chi connectivity index (χ2v) is 3.76. The molecule has 1 aromatic carbocycles. The Kier molecular flexibility index (Phi) is 3.79. The van der Waals surface area contributed by atoms with Gasteiger partial charge in [-0.1, -0.05) is 0 Å². The van der Waals surface area contributed by atoms with Crippen LogP contribution in [0.5, 0.6) is 11.6 Å². The van der Waals surface area contributed by atoms with Crippen LogP contribution in [0.2, 0.25) is 0 Å². The van der Waals surface area contributed by atoms with Crippen molar-refractivity contribution in [3.8, 4) is 11.6 Å². The fourth-order valence-electron chi connectivity index (χ4n) is 1.40. The van der Waals surface area contributed by atoms with Crippen molar-refractivity contribution in [2.75, 3.05) is 12.8 Å². The van der Waals surface area contributed by atoms with Gasteiger partial charge in [-0.05, 0) is 24.3 Å². The van der Waals surface area contributed by atoms with Gasteiger partial charge in [0.2, 0.25) is 5.88 Å². The van der Waals surface area contributed by atoms with Gasteiger partial charge in [0.15, 0.2) is 17.3 Å². The average molecular weight is 280 g/mol. The number of rotatable bonds is 3. The van der Waals surface area contributed by atoms with E-state index in [1.54, 1.807) is 0 Å². The van der Waals surface area contributed by atoms with E-state index in [2.05, 4.69) is 9.72 Å². The number of carbonyl (C=O) groups is 1. The number of aromatic nitrogens is 1. The van der Waals surface area contributed by atoms with Crippen LogP contribution in [0, 0.1) is 11.6 Å². The fourth-order valence-corrected chi connectivity index (χ4v) is 1.40. The van der Waals surface area contributed by atoms with Crippen molar-refractivity contribution >= 4 is 11.7 Å². The number of hydrogen-bond donors (Lipinski definition) is 1. The third-order valence-corrected chi connectivity index (χ3v) is 2.39. The van der Waals surface area contributed by atoms with E-state index in [4.69, 9.17) is 10.5 Å². The zero-order valence-electron chi connectivity index (χ0n) is 10.4. The minimum atomic E-state index is -1.06. The largest absolute Gasteiger partial charge is 0.464 e. The second-order valence-electron chi connectivity index (χ2n) is 3.76. The molecule has 0 saturated heterocycles. The molecule has 2 rings (SSSR count). The van der Waals surface area contributed by atoms with Crippen molar-refractivity contribution in [3.05, 3.63) is 47.7 Å². The number of nitrogens with zero attached hydrogens (tertiary/aromatic N) is 1. The lowest BCUT2D eigenvalue weighted by molar-refractivity contribution is 0.0593. The Labute approximate surface area is 112 Å². The summed E-state index contributed by atoms with van der Waals surface area (Å²) in [4.78, 5) is 15.2. The highest BCUT2D eigenvalue weighted by Gasteiger charge is 2.13. The number of anilines is 1. The normalized spacial score (nSPS) is 10.2. The number of methoxy groups -OCH3 is 1. The molecule has 7 heteroatoms. The predicted molar refractivity (Wildman–Crippen MR) is 66.4 cm³/mol. The van der Waals surface area contributed by atoms with Crippen molar-refractivity contribution in [1.82, 2.24) is 4.98 Å². The topological polar surface area (TPSA) is 74.4 Å². The number of hydrogen-bond acceptors (Lipinski definition) is 5. The van der Waals surface area contributed by atoms with Crippen LogP contribution in [-0.2, 0) is 4.74 Å². The first kappa shape index (κ1) is 13.7. The Morgan fingerprint density at radius 1 is 1.20 bits per heavy atom. The van der Waals surface area contributed by atoms with Crippen molar-refractivity contribution in [2.24, 2.45) is 0 Å². The van der Waals surface area contributed by atoms with Crippen LogP contribution in [0.4, 0.5) is 14.5 Å². The molecule has 0 bridgehead atoms. The van der Waals surface area contributed by atoms with E-state index in [-0.39, 0.29) is 23.0 Å². The Balaban J connectivity index is 2.32. The summed E-state index contributed by atoms with van der Waals surface area (Å²) in [6.07, 6.45) is 0. The number of nitrogen functional groups attached to an aromatic ring is 1. The van der Waals surface area contributed by atoms with Gasteiger partial charge in [0.1, 0.15) is 5.75 Å². The van der Waals surface area contributed by atoms with Gasteiger partial charge in [0.05, 0.1) is 12.8 Å². The van der Waals surface area contributed by atoms with Crippen molar-refractivity contribution in [2.45, 2.75) is 0 Å². The van der Waals surface area contributed by atoms with Crippen LogP contribution >= 0.6 is 0 Å². The van der Waals surface area contributed by atoms with Crippen LogP contribution in [-0.4, -0.2) is 18.1 Å². The Morgan fingerprint density at radius 3 is 2.60 bits per heavy atom. The highest BCUT2D eigenvalue weighted by molar-refractivity contribution is 5.87. The summed E-state index contributed by atoms with van der Waals surface area (Å²) >= 11 is 0. The summed E-state index contributed by atoms with van der Waals surface area (Å²) in [6.45, 7) is 0. The summed E-state index contributed by atoms with van der Waals surface area (Å²) < 4.78 is 35.6. The highest BCUT2D eigenvalue weighted by atomic mass is 19.2. The predicted octanol–water partition coefficient (Wildman–Crippen LogP) is 2.52. The van der Waals surface area contributed by atoms with Crippen LogP contribution in [0.1, 0.15) is 10.5 Å². The third kappa shape index (κ3) is 2.82. The zero-order valence-corrected chi connectivity index (χ0v) is 10.4. The summed E-state index contributed by atoms with van der Waals surface area (Å²) in [5.74, 6) is -2.82. The number of benzene rings is 1. The van der Waals surface area contributed by atoms with Crippen LogP contribution < -0.4 is 10.5 Å². The SMILES string of the molecule is COC(=O)c1ccc(N)c(Oc2ccc(F)c(F)c2)n1. The molecule has 0 atom stereocenters. The van der Waals surface area contributed by atoms with Gasteiger partial charge in [-0.3, -0.25) is 0 Å². The lowest BCUT2D eigenvalue weighted by atomic mass is 10.3. The molecule has 1 heterocycles. The minimum Gasteiger partial charge on any atom is -0.464 e. The molecule has 5 nitrogen and oxygen atoms in total. The molecule has 0 amide bonds. The first-order valence-electron chi connectivity index (χ1n) is 5.49. The maximum atomic E-state index is 13.1. The fraction of sp³-hybridized carbons (Fsp3) is 0.0769. The molecule has 0 radical (unpaired) electrons. The molecule has 0 fully saturated rings. The van der Waals surface area contributed by atoms with Crippen molar-refractivity contribution in [3.63, 3.8) is 0 Å². The quantitative estimate of drug-likeness (QED) is 0.874. The first-order chi connectivity index (χ1) is 9.51. The molecular formula is C13H10F2N2O3. The molecule has 0 aliphatic rings. The van der Waals surface area contributed by atoms with Gasteiger partial charge in [-0.15, -0.1) is 0 Å². The lowest BCUT2D eigenvalue weighted by Crippen LogP contribution is -2.06. The molecule has 104 valence electrons. The molecule has 1 aromatic heterocycles. The average Bonchev–Trinajstić information content (AvgIpc) is 2.44. The molecule has 20 heavy (non-hydrogen) atoms. The second kappa shape index (κ2) is 5.52. The molecular weight excluding hydrogens is 270 g/mol. The molecule has 0 aliphatic heterocycles. The van der Waals surface area contributed by atoms with E-state index in [1.165, 1.54) is 25.3 Å². The smallest absolute Gasteiger partial charge is 0.356 e. The molecule has 0 spiro atoms. The Hall–Kier alpha value is -2.70. The first-order valence-corrected chi connectivity index (χ1v) is 5.49. The summed E-state index contributed by atoms with van der Waals surface area (Å²) in [5, 5.41) is 0. The van der Waals surface area contributed by atoms with Gasteiger partial charge >= 0.3 is 5.97 Å². The molecule has 0 unspecified atom stereocenters. The van der Waals surface area contributed by atoms with E-state index in [0.717, 1.165) is 12.1 Å². The number of pyridine rings is 1. The number of nitrogens with two attached hydrogens (primary N) is 1. The minimum absolute atomic E-state index is 0.00474. The Morgan fingerprint density at radius 2 is 1.95 bits per heavy atom. The van der Waals surface area contributed by atoms with Gasteiger partial charge in [0, 0.05) is 6.07 Å². The zero-order chi connectivity index (χ0) is 14.7. The van der Waals surface area contributed by atoms with Crippen molar-refractivity contribution < 1.29 is 23.0 Å². The molecule has 2 N–H and O–H groups in total. The monoisotopic (exact) mass is 280 g/mol. The van der Waals surface area contributed by atoms with Gasteiger partial charge in [-0.25, -0.2) is 18.6 Å². The van der Waals surface area contributed by atoms with E-state index >= 15 is 0 Å². The Bertz CT molecular complexity index is 662. The number of esters is 1. The highest BCUT2D eigenvalue weighted by Crippen LogP contribution is 2.26. The number of carbonyl (C=O) groups excluding carboxylic acids is 1. The summed E-state index contributed by atoms with van der Waals surface area (Å²) in [5.41, 5.74) is 5.77. The van der Waals surface area contributed by atoms with E-state index in [1.807, 2.05) is 0 Å². The number of ether oxygens (including phenoxy) is 2. The standard InChI is InChI=1S/C13H10F2N2O3/c1-19-13(18)11-5-4-10(16)12(17-11)20-7-2-3-8(14)9(15)6-7/h2-6H,16H2,1H3. The van der Waals surface area contributed by atoms with Gasteiger partial charge in [0.25, 0.3) is 0 Å². The maximum absolute atomic E-state index is 13.1.